The summed E-state index contributed by atoms with van der Waals surface area (Å²) in [4.78, 5) is 0. The Bertz CT molecular complexity index is 2040. The monoisotopic (exact) mass is 622 g/mol. The van der Waals surface area contributed by atoms with E-state index >= 15 is 0 Å². The van der Waals surface area contributed by atoms with Crippen molar-refractivity contribution >= 4 is 16.8 Å². The fraction of sp³-hybridized carbons (Fsp3) is 0.231. The maximum Gasteiger partial charge on any atom is 0.416 e. The van der Waals surface area contributed by atoms with Crippen LogP contribution in [0.5, 0.6) is 23.0 Å². The second kappa shape index (κ2) is 10.3. The van der Waals surface area contributed by atoms with Crippen molar-refractivity contribution in [1.82, 2.24) is 0 Å². The summed E-state index contributed by atoms with van der Waals surface area (Å²) < 4.78 is 68.3. The summed E-state index contributed by atoms with van der Waals surface area (Å²) in [7, 11) is 4.73. The first kappa shape index (κ1) is 29.8. The molecule has 0 aromatic heterocycles. The standard InChI is InChI=1S/C39H33F3O4/c1-22-18-29-33-27-20-31(44-5)32(45-6)21-28(27)36-26(35(33)37(2,3)34(29)30(19-22)39(40,41)42)16-17-38(46-36,23-10-8-7-9-11-23)24-12-14-25(43-4)15-13-24/h7-21H,1-6H3. The van der Waals surface area contributed by atoms with Crippen LogP contribution in [0.3, 0.4) is 0 Å². The number of ether oxygens (including phenoxy) is 4. The van der Waals surface area contributed by atoms with Crippen molar-refractivity contribution in [3.05, 3.63) is 124 Å². The van der Waals surface area contributed by atoms with Crippen molar-refractivity contribution in [3.63, 3.8) is 0 Å². The first-order chi connectivity index (χ1) is 21.9. The van der Waals surface area contributed by atoms with Gasteiger partial charge in [-0.25, -0.2) is 0 Å². The van der Waals surface area contributed by atoms with Gasteiger partial charge in [0.2, 0.25) is 0 Å². The number of rotatable bonds is 5. The molecule has 0 spiro atoms. The molecular formula is C39H33F3O4. The van der Waals surface area contributed by atoms with E-state index in [1.54, 1.807) is 28.3 Å². The van der Waals surface area contributed by atoms with Crippen molar-refractivity contribution < 1.29 is 32.1 Å². The topological polar surface area (TPSA) is 36.9 Å². The molecule has 1 heterocycles. The molecule has 7 heteroatoms. The Labute approximate surface area is 266 Å². The van der Waals surface area contributed by atoms with Gasteiger partial charge in [-0.05, 0) is 76.5 Å². The Morgan fingerprint density at radius 2 is 1.35 bits per heavy atom. The van der Waals surface area contributed by atoms with E-state index in [2.05, 4.69) is 0 Å². The van der Waals surface area contributed by atoms with Gasteiger partial charge in [0.25, 0.3) is 0 Å². The predicted octanol–water partition coefficient (Wildman–Crippen LogP) is 9.85. The third-order valence-corrected chi connectivity index (χ3v) is 9.38. The van der Waals surface area contributed by atoms with Crippen LogP contribution in [0.1, 0.15) is 52.8 Å². The molecule has 0 bridgehead atoms. The molecule has 1 aliphatic carbocycles. The van der Waals surface area contributed by atoms with Crippen molar-refractivity contribution in [2.75, 3.05) is 21.3 Å². The molecule has 1 atom stereocenters. The van der Waals surface area contributed by atoms with Gasteiger partial charge >= 0.3 is 6.18 Å². The summed E-state index contributed by atoms with van der Waals surface area (Å²) in [6.07, 6.45) is -0.511. The highest BCUT2D eigenvalue weighted by Crippen LogP contribution is 2.61. The highest BCUT2D eigenvalue weighted by atomic mass is 19.4. The highest BCUT2D eigenvalue weighted by Gasteiger charge is 2.48. The van der Waals surface area contributed by atoms with Crippen LogP contribution in [-0.4, -0.2) is 21.3 Å². The van der Waals surface area contributed by atoms with Crippen molar-refractivity contribution in [2.45, 2.75) is 38.0 Å². The molecule has 1 unspecified atom stereocenters. The van der Waals surface area contributed by atoms with Crippen molar-refractivity contribution in [3.8, 4) is 34.1 Å². The minimum absolute atomic E-state index is 0.258. The van der Waals surface area contributed by atoms with Crippen LogP contribution in [-0.2, 0) is 17.2 Å². The van der Waals surface area contributed by atoms with E-state index in [1.807, 2.05) is 98.8 Å². The Morgan fingerprint density at radius 1 is 0.717 bits per heavy atom. The molecule has 4 nitrogen and oxygen atoms in total. The van der Waals surface area contributed by atoms with E-state index in [9.17, 15) is 13.2 Å². The third-order valence-electron chi connectivity index (χ3n) is 9.38. The maximum absolute atomic E-state index is 14.7. The lowest BCUT2D eigenvalue weighted by Crippen LogP contribution is -2.35. The zero-order chi connectivity index (χ0) is 32.6. The maximum atomic E-state index is 14.7. The summed E-state index contributed by atoms with van der Waals surface area (Å²) in [6.45, 7) is 5.44. The molecule has 7 rings (SSSR count). The molecule has 46 heavy (non-hydrogen) atoms. The number of fused-ring (bicyclic) bond motifs is 8. The van der Waals surface area contributed by atoms with Crippen molar-refractivity contribution in [2.24, 2.45) is 0 Å². The molecule has 5 aromatic rings. The van der Waals surface area contributed by atoms with E-state index < -0.39 is 22.8 Å². The fourth-order valence-electron chi connectivity index (χ4n) is 7.40. The smallest absolute Gasteiger partial charge is 0.416 e. The lowest BCUT2D eigenvalue weighted by atomic mass is 9.75. The number of halogens is 3. The van der Waals surface area contributed by atoms with Crippen LogP contribution in [0.15, 0.2) is 84.9 Å². The number of hydrogen-bond acceptors (Lipinski definition) is 4. The van der Waals surface area contributed by atoms with Crippen LogP contribution in [0.25, 0.3) is 28.0 Å². The van der Waals surface area contributed by atoms with Crippen LogP contribution >= 0.6 is 0 Å². The Morgan fingerprint density at radius 3 is 1.96 bits per heavy atom. The summed E-state index contributed by atoms with van der Waals surface area (Å²) in [6, 6.07) is 24.4. The molecule has 5 aromatic carbocycles. The molecule has 0 fully saturated rings. The van der Waals surface area contributed by atoms with Gasteiger partial charge in [-0.3, -0.25) is 0 Å². The number of hydrogen-bond donors (Lipinski definition) is 0. The third kappa shape index (κ3) is 4.21. The molecular weight excluding hydrogens is 589 g/mol. The number of alkyl halides is 3. The van der Waals surface area contributed by atoms with Gasteiger partial charge in [-0.1, -0.05) is 68.5 Å². The first-order valence-electron chi connectivity index (χ1n) is 15.0. The Hall–Kier alpha value is -4.91. The molecule has 234 valence electrons. The van der Waals surface area contributed by atoms with E-state index in [-0.39, 0.29) is 5.56 Å². The first-order valence-corrected chi connectivity index (χ1v) is 15.0. The van der Waals surface area contributed by atoms with Crippen LogP contribution in [0.2, 0.25) is 0 Å². The summed E-state index contributed by atoms with van der Waals surface area (Å²) >= 11 is 0. The fourth-order valence-corrected chi connectivity index (χ4v) is 7.40. The minimum Gasteiger partial charge on any atom is -0.497 e. The summed E-state index contributed by atoms with van der Waals surface area (Å²) in [5.41, 5.74) is 2.72. The van der Waals surface area contributed by atoms with Gasteiger partial charge in [-0.2, -0.15) is 13.2 Å². The number of aryl methyl sites for hydroxylation is 1. The van der Waals surface area contributed by atoms with E-state index in [1.165, 1.54) is 6.07 Å². The highest BCUT2D eigenvalue weighted by molar-refractivity contribution is 6.10. The number of benzene rings is 5. The van der Waals surface area contributed by atoms with Crippen LogP contribution in [0, 0.1) is 6.92 Å². The van der Waals surface area contributed by atoms with Crippen LogP contribution < -0.4 is 18.9 Å². The van der Waals surface area contributed by atoms with Gasteiger partial charge in [0.05, 0.1) is 26.9 Å². The SMILES string of the molecule is COc1ccc(C2(c3ccccc3)C=Cc3c4c(c5cc(OC)c(OC)cc5c3O2)-c2cc(C)cc(C(F)(F)F)c2C4(C)C)cc1. The van der Waals surface area contributed by atoms with Gasteiger partial charge in [0, 0.05) is 27.5 Å². The van der Waals surface area contributed by atoms with E-state index in [4.69, 9.17) is 18.9 Å². The van der Waals surface area contributed by atoms with E-state index in [0.29, 0.717) is 39.5 Å². The van der Waals surface area contributed by atoms with Crippen molar-refractivity contribution in [1.29, 1.82) is 0 Å². The summed E-state index contributed by atoms with van der Waals surface area (Å²) in [5.74, 6) is 2.23. The zero-order valence-corrected chi connectivity index (χ0v) is 26.4. The molecule has 0 amide bonds. The summed E-state index contributed by atoms with van der Waals surface area (Å²) in [5, 5.41) is 1.44. The Kier molecular flexibility index (Phi) is 6.67. The molecule has 1 aliphatic heterocycles. The van der Waals surface area contributed by atoms with Gasteiger partial charge in [0.1, 0.15) is 11.5 Å². The average molecular weight is 623 g/mol. The molecule has 0 N–H and O–H groups in total. The second-order valence-corrected chi connectivity index (χ2v) is 12.4. The molecule has 0 saturated carbocycles. The lowest BCUT2D eigenvalue weighted by molar-refractivity contribution is -0.138. The van der Waals surface area contributed by atoms with Gasteiger partial charge in [-0.15, -0.1) is 0 Å². The minimum atomic E-state index is -4.53. The average Bonchev–Trinajstić information content (AvgIpc) is 3.29. The van der Waals surface area contributed by atoms with Gasteiger partial charge < -0.3 is 18.9 Å². The predicted molar refractivity (Wildman–Crippen MR) is 174 cm³/mol. The van der Waals surface area contributed by atoms with Crippen LogP contribution in [0.4, 0.5) is 13.2 Å². The second-order valence-electron chi connectivity index (χ2n) is 12.4. The molecule has 0 radical (unpaired) electrons. The zero-order valence-electron chi connectivity index (χ0n) is 26.4. The quantitative estimate of drug-likeness (QED) is 0.196. The van der Waals surface area contributed by atoms with Gasteiger partial charge in [0.15, 0.2) is 17.1 Å². The largest absolute Gasteiger partial charge is 0.497 e. The van der Waals surface area contributed by atoms with E-state index in [0.717, 1.165) is 33.2 Å². The number of methoxy groups -OCH3 is 3. The molecule has 0 saturated heterocycles. The normalized spacial score (nSPS) is 17.6. The Balaban J connectivity index is 1.61. The molecule has 2 aliphatic rings. The lowest BCUT2D eigenvalue weighted by Gasteiger charge is -2.38.